The Morgan fingerprint density at radius 2 is 2.16 bits per heavy atom. The molecule has 1 saturated heterocycles. The summed E-state index contributed by atoms with van der Waals surface area (Å²) in [4.78, 5) is 15.5. The summed E-state index contributed by atoms with van der Waals surface area (Å²) in [7, 11) is 3.62. The summed E-state index contributed by atoms with van der Waals surface area (Å²) in [6.45, 7) is 7.77. The van der Waals surface area contributed by atoms with Crippen LogP contribution in [0.25, 0.3) is 0 Å². The summed E-state index contributed by atoms with van der Waals surface area (Å²) in [6, 6.07) is 0.578. The van der Waals surface area contributed by atoms with E-state index < -0.39 is 0 Å². The molecular weight excluding hydrogens is 242 g/mol. The Kier molecular flexibility index (Phi) is 7.52. The van der Waals surface area contributed by atoms with Gasteiger partial charge in [-0.3, -0.25) is 9.69 Å². The van der Waals surface area contributed by atoms with Crippen molar-refractivity contribution in [3.8, 4) is 0 Å². The van der Waals surface area contributed by atoms with E-state index in [0.29, 0.717) is 12.6 Å². The molecule has 0 atom stereocenters. The van der Waals surface area contributed by atoms with Gasteiger partial charge < -0.3 is 15.0 Å². The van der Waals surface area contributed by atoms with Gasteiger partial charge in [0.15, 0.2) is 0 Å². The lowest BCUT2D eigenvalue weighted by Crippen LogP contribution is -2.46. The standard InChI is InChI=1S/C14H27N3O2/c1-4-19-11-5-8-15-13-6-9-17(10-7-13)12-14(18)16(2)3/h4,13,15H,1,5-12H2,2-3H3. The van der Waals surface area contributed by atoms with Crippen LogP contribution in [0.2, 0.25) is 0 Å². The summed E-state index contributed by atoms with van der Waals surface area (Å²) in [6.07, 6.45) is 4.72. The molecule has 110 valence electrons. The third-order valence-corrected chi connectivity index (χ3v) is 3.44. The van der Waals surface area contributed by atoms with Crippen molar-refractivity contribution in [2.45, 2.75) is 25.3 Å². The molecule has 5 nitrogen and oxygen atoms in total. The minimum Gasteiger partial charge on any atom is -0.502 e. The molecule has 0 aromatic heterocycles. The number of rotatable bonds is 8. The van der Waals surface area contributed by atoms with Crippen molar-refractivity contribution < 1.29 is 9.53 Å². The molecule has 0 bridgehead atoms. The molecular formula is C14H27N3O2. The van der Waals surface area contributed by atoms with Gasteiger partial charge in [-0.2, -0.15) is 0 Å². The van der Waals surface area contributed by atoms with Gasteiger partial charge in [0, 0.05) is 33.2 Å². The van der Waals surface area contributed by atoms with Gasteiger partial charge in [-0.1, -0.05) is 6.58 Å². The van der Waals surface area contributed by atoms with Gasteiger partial charge in [0.05, 0.1) is 19.4 Å². The van der Waals surface area contributed by atoms with Gasteiger partial charge in [-0.15, -0.1) is 0 Å². The van der Waals surface area contributed by atoms with Gasteiger partial charge in [-0.25, -0.2) is 0 Å². The third-order valence-electron chi connectivity index (χ3n) is 3.44. The molecule has 5 heteroatoms. The van der Waals surface area contributed by atoms with Crippen molar-refractivity contribution >= 4 is 5.91 Å². The molecule has 0 aromatic carbocycles. The fourth-order valence-corrected chi connectivity index (χ4v) is 2.17. The largest absolute Gasteiger partial charge is 0.502 e. The molecule has 19 heavy (non-hydrogen) atoms. The topological polar surface area (TPSA) is 44.8 Å². The Morgan fingerprint density at radius 3 is 2.74 bits per heavy atom. The van der Waals surface area contributed by atoms with E-state index in [0.717, 1.165) is 45.5 Å². The number of carbonyl (C=O) groups excluding carboxylic acids is 1. The average molecular weight is 269 g/mol. The monoisotopic (exact) mass is 269 g/mol. The van der Waals surface area contributed by atoms with Crippen LogP contribution in [0.4, 0.5) is 0 Å². The van der Waals surface area contributed by atoms with E-state index in [1.54, 1.807) is 4.90 Å². The molecule has 0 aliphatic carbocycles. The van der Waals surface area contributed by atoms with Crippen LogP contribution in [0.5, 0.6) is 0 Å². The maximum atomic E-state index is 11.6. The number of amides is 1. The third kappa shape index (κ3) is 6.59. The summed E-state index contributed by atoms with van der Waals surface area (Å²) in [5, 5.41) is 3.54. The van der Waals surface area contributed by atoms with Crippen molar-refractivity contribution in [1.82, 2.24) is 15.1 Å². The minimum atomic E-state index is 0.188. The Hall–Kier alpha value is -1.07. The number of hydrogen-bond donors (Lipinski definition) is 1. The summed E-state index contributed by atoms with van der Waals surface area (Å²) in [5.41, 5.74) is 0. The predicted molar refractivity (Wildman–Crippen MR) is 76.9 cm³/mol. The van der Waals surface area contributed by atoms with Crippen molar-refractivity contribution in [2.24, 2.45) is 0 Å². The lowest BCUT2D eigenvalue weighted by Gasteiger charge is -2.32. The van der Waals surface area contributed by atoms with Gasteiger partial charge >= 0.3 is 0 Å². The highest BCUT2D eigenvalue weighted by atomic mass is 16.5. The molecule has 1 aliphatic heterocycles. The molecule has 1 heterocycles. The zero-order chi connectivity index (χ0) is 14.1. The van der Waals surface area contributed by atoms with Crippen molar-refractivity contribution in [3.63, 3.8) is 0 Å². The van der Waals surface area contributed by atoms with E-state index in [2.05, 4.69) is 16.8 Å². The lowest BCUT2D eigenvalue weighted by molar-refractivity contribution is -0.130. The lowest BCUT2D eigenvalue weighted by atomic mass is 10.0. The Labute approximate surface area is 116 Å². The smallest absolute Gasteiger partial charge is 0.236 e. The second-order valence-corrected chi connectivity index (χ2v) is 5.18. The molecule has 1 amide bonds. The normalized spacial score (nSPS) is 17.2. The second-order valence-electron chi connectivity index (χ2n) is 5.18. The van der Waals surface area contributed by atoms with Crippen LogP contribution in [0, 0.1) is 0 Å². The number of piperidine rings is 1. The fraction of sp³-hybridized carbons (Fsp3) is 0.786. The first-order valence-electron chi connectivity index (χ1n) is 7.02. The first kappa shape index (κ1) is 16.0. The number of likely N-dealkylation sites (tertiary alicyclic amines) is 1. The van der Waals surface area contributed by atoms with E-state index in [4.69, 9.17) is 4.74 Å². The molecule has 0 aromatic rings. The Morgan fingerprint density at radius 1 is 1.47 bits per heavy atom. The summed E-state index contributed by atoms with van der Waals surface area (Å²) in [5.74, 6) is 0.188. The number of hydrogen-bond acceptors (Lipinski definition) is 4. The SMILES string of the molecule is C=COCCCNC1CCN(CC(=O)N(C)C)CC1. The highest BCUT2D eigenvalue weighted by Gasteiger charge is 2.20. The van der Waals surface area contributed by atoms with E-state index in [-0.39, 0.29) is 5.91 Å². The molecule has 1 N–H and O–H groups in total. The van der Waals surface area contributed by atoms with Gasteiger partial charge in [0.2, 0.25) is 5.91 Å². The van der Waals surface area contributed by atoms with Crippen LogP contribution in [0.3, 0.4) is 0 Å². The molecule has 1 aliphatic rings. The molecule has 1 fully saturated rings. The molecule has 1 rings (SSSR count). The van der Waals surface area contributed by atoms with Crippen LogP contribution in [0.15, 0.2) is 12.8 Å². The first-order valence-corrected chi connectivity index (χ1v) is 7.02. The van der Waals surface area contributed by atoms with Gasteiger partial charge in [0.1, 0.15) is 0 Å². The van der Waals surface area contributed by atoms with Crippen LogP contribution >= 0.6 is 0 Å². The average Bonchev–Trinajstić information content (AvgIpc) is 2.40. The van der Waals surface area contributed by atoms with E-state index in [1.165, 1.54) is 6.26 Å². The zero-order valence-corrected chi connectivity index (χ0v) is 12.2. The molecule has 0 spiro atoms. The van der Waals surface area contributed by atoms with Crippen molar-refractivity contribution in [2.75, 3.05) is 46.9 Å². The maximum Gasteiger partial charge on any atom is 0.236 e. The van der Waals surface area contributed by atoms with Crippen LogP contribution in [-0.4, -0.2) is 68.6 Å². The minimum absolute atomic E-state index is 0.188. The number of carbonyl (C=O) groups is 1. The number of nitrogens with zero attached hydrogens (tertiary/aromatic N) is 2. The molecule has 0 unspecified atom stereocenters. The number of ether oxygens (including phenoxy) is 1. The van der Waals surface area contributed by atoms with E-state index in [1.807, 2.05) is 14.1 Å². The maximum absolute atomic E-state index is 11.6. The van der Waals surface area contributed by atoms with Crippen LogP contribution in [0.1, 0.15) is 19.3 Å². The quantitative estimate of drug-likeness (QED) is 0.520. The highest BCUT2D eigenvalue weighted by Crippen LogP contribution is 2.10. The fourth-order valence-electron chi connectivity index (χ4n) is 2.17. The van der Waals surface area contributed by atoms with Crippen molar-refractivity contribution in [1.29, 1.82) is 0 Å². The van der Waals surface area contributed by atoms with E-state index >= 15 is 0 Å². The van der Waals surface area contributed by atoms with Crippen molar-refractivity contribution in [3.05, 3.63) is 12.8 Å². The van der Waals surface area contributed by atoms with Crippen LogP contribution < -0.4 is 5.32 Å². The molecule has 0 saturated carbocycles. The summed E-state index contributed by atoms with van der Waals surface area (Å²) >= 11 is 0. The zero-order valence-electron chi connectivity index (χ0n) is 12.2. The van der Waals surface area contributed by atoms with Gasteiger partial charge in [0.25, 0.3) is 0 Å². The second kappa shape index (κ2) is 8.93. The first-order chi connectivity index (χ1) is 9.13. The van der Waals surface area contributed by atoms with Gasteiger partial charge in [-0.05, 0) is 25.8 Å². The highest BCUT2D eigenvalue weighted by molar-refractivity contribution is 5.77. The predicted octanol–water partition coefficient (Wildman–Crippen LogP) is 0.679. The van der Waals surface area contributed by atoms with Crippen LogP contribution in [-0.2, 0) is 9.53 Å². The number of likely N-dealkylation sites (N-methyl/N-ethyl adjacent to an activating group) is 1. The Bertz CT molecular complexity index is 274. The Balaban J connectivity index is 2.08. The molecule has 0 radical (unpaired) electrons. The van der Waals surface area contributed by atoms with E-state index in [9.17, 15) is 4.79 Å². The summed E-state index contributed by atoms with van der Waals surface area (Å²) < 4.78 is 5.08. The number of nitrogens with one attached hydrogen (secondary N) is 1.